The highest BCUT2D eigenvalue weighted by Crippen LogP contribution is 2.19. The zero-order chi connectivity index (χ0) is 11.4. The molecule has 0 fully saturated rings. The number of nitrogens with one attached hydrogen (secondary N) is 2. The summed E-state index contributed by atoms with van der Waals surface area (Å²) in [6.07, 6.45) is 0. The Hall–Kier alpha value is -2.03. The van der Waals surface area contributed by atoms with Crippen molar-refractivity contribution in [3.8, 4) is 0 Å². The van der Waals surface area contributed by atoms with Crippen LogP contribution in [0.2, 0.25) is 0 Å². The summed E-state index contributed by atoms with van der Waals surface area (Å²) in [4.78, 5) is 0. The standard InChI is InChI=1S/C13H13FN2/c1-15-11-5-7-12(8-6-11)16-13-4-2-3-10(14)9-13/h2-9,15-16H,1H3. The summed E-state index contributed by atoms with van der Waals surface area (Å²) in [5, 5.41) is 6.17. The van der Waals surface area contributed by atoms with Crippen LogP contribution in [0.4, 0.5) is 21.5 Å². The Labute approximate surface area is 94.1 Å². The molecule has 2 nitrogen and oxygen atoms in total. The second kappa shape index (κ2) is 4.66. The molecule has 0 aromatic heterocycles. The van der Waals surface area contributed by atoms with Crippen LogP contribution >= 0.6 is 0 Å². The Balaban J connectivity index is 2.14. The van der Waals surface area contributed by atoms with Gasteiger partial charge < -0.3 is 10.6 Å². The molecule has 0 aliphatic heterocycles. The Morgan fingerprint density at radius 1 is 0.875 bits per heavy atom. The predicted molar refractivity (Wildman–Crippen MR) is 65.7 cm³/mol. The molecule has 82 valence electrons. The van der Waals surface area contributed by atoms with Crippen molar-refractivity contribution in [2.45, 2.75) is 0 Å². The SMILES string of the molecule is CNc1ccc(Nc2cccc(F)c2)cc1. The van der Waals surface area contributed by atoms with Crippen molar-refractivity contribution in [3.05, 3.63) is 54.3 Å². The molecular weight excluding hydrogens is 203 g/mol. The summed E-state index contributed by atoms with van der Waals surface area (Å²) >= 11 is 0. The summed E-state index contributed by atoms with van der Waals surface area (Å²) in [5.74, 6) is -0.239. The van der Waals surface area contributed by atoms with E-state index in [1.54, 1.807) is 6.07 Å². The van der Waals surface area contributed by atoms with Crippen molar-refractivity contribution < 1.29 is 4.39 Å². The van der Waals surface area contributed by atoms with E-state index in [9.17, 15) is 4.39 Å². The van der Waals surface area contributed by atoms with Crippen LogP contribution in [0.5, 0.6) is 0 Å². The van der Waals surface area contributed by atoms with Gasteiger partial charge in [0.05, 0.1) is 0 Å². The van der Waals surface area contributed by atoms with Crippen LogP contribution in [0.25, 0.3) is 0 Å². The Kier molecular flexibility index (Phi) is 3.05. The van der Waals surface area contributed by atoms with Gasteiger partial charge in [-0.1, -0.05) is 6.07 Å². The minimum atomic E-state index is -0.239. The van der Waals surface area contributed by atoms with Crippen molar-refractivity contribution in [2.24, 2.45) is 0 Å². The highest BCUT2D eigenvalue weighted by atomic mass is 19.1. The highest BCUT2D eigenvalue weighted by molar-refractivity contribution is 5.62. The van der Waals surface area contributed by atoms with Gasteiger partial charge in [-0.25, -0.2) is 4.39 Å². The lowest BCUT2D eigenvalue weighted by Crippen LogP contribution is -1.92. The minimum Gasteiger partial charge on any atom is -0.388 e. The third-order valence-corrected chi connectivity index (χ3v) is 2.29. The minimum absolute atomic E-state index is 0.239. The number of benzene rings is 2. The molecule has 2 aromatic rings. The second-order valence-electron chi connectivity index (χ2n) is 3.46. The van der Waals surface area contributed by atoms with Crippen LogP contribution in [0, 0.1) is 5.82 Å². The van der Waals surface area contributed by atoms with Crippen LogP contribution in [0.15, 0.2) is 48.5 Å². The summed E-state index contributed by atoms with van der Waals surface area (Å²) in [7, 11) is 1.87. The third-order valence-electron chi connectivity index (χ3n) is 2.29. The highest BCUT2D eigenvalue weighted by Gasteiger charge is 1.96. The van der Waals surface area contributed by atoms with Crippen LogP contribution in [0.1, 0.15) is 0 Å². The Morgan fingerprint density at radius 2 is 1.56 bits per heavy atom. The van der Waals surface area contributed by atoms with Gasteiger partial charge in [0.15, 0.2) is 0 Å². The van der Waals surface area contributed by atoms with E-state index in [2.05, 4.69) is 10.6 Å². The molecular formula is C13H13FN2. The van der Waals surface area contributed by atoms with Crippen molar-refractivity contribution in [1.29, 1.82) is 0 Å². The molecule has 0 aliphatic rings. The van der Waals surface area contributed by atoms with Gasteiger partial charge in [0.25, 0.3) is 0 Å². The van der Waals surface area contributed by atoms with Crippen LogP contribution < -0.4 is 10.6 Å². The van der Waals surface area contributed by atoms with Gasteiger partial charge in [0.2, 0.25) is 0 Å². The summed E-state index contributed by atoms with van der Waals surface area (Å²) in [6.45, 7) is 0. The first-order chi connectivity index (χ1) is 7.78. The topological polar surface area (TPSA) is 24.1 Å². The van der Waals surface area contributed by atoms with Crippen LogP contribution in [-0.4, -0.2) is 7.05 Å². The molecule has 0 atom stereocenters. The van der Waals surface area contributed by atoms with E-state index < -0.39 is 0 Å². The molecule has 0 amide bonds. The summed E-state index contributed by atoms with van der Waals surface area (Å²) < 4.78 is 12.9. The molecule has 2 N–H and O–H groups in total. The molecule has 16 heavy (non-hydrogen) atoms. The predicted octanol–water partition coefficient (Wildman–Crippen LogP) is 3.61. The van der Waals surface area contributed by atoms with Gasteiger partial charge in [0.1, 0.15) is 5.82 Å². The van der Waals surface area contributed by atoms with E-state index in [1.165, 1.54) is 12.1 Å². The van der Waals surface area contributed by atoms with E-state index in [1.807, 2.05) is 37.4 Å². The molecule has 2 rings (SSSR count). The van der Waals surface area contributed by atoms with E-state index in [4.69, 9.17) is 0 Å². The van der Waals surface area contributed by atoms with Crippen LogP contribution in [0.3, 0.4) is 0 Å². The molecule has 0 bridgehead atoms. The van der Waals surface area contributed by atoms with E-state index >= 15 is 0 Å². The maximum atomic E-state index is 12.9. The fraction of sp³-hybridized carbons (Fsp3) is 0.0769. The van der Waals surface area contributed by atoms with Gasteiger partial charge in [-0.3, -0.25) is 0 Å². The van der Waals surface area contributed by atoms with Gasteiger partial charge in [-0.05, 0) is 42.5 Å². The molecule has 3 heteroatoms. The lowest BCUT2D eigenvalue weighted by atomic mass is 10.2. The number of rotatable bonds is 3. The van der Waals surface area contributed by atoms with Crippen LogP contribution in [-0.2, 0) is 0 Å². The first-order valence-corrected chi connectivity index (χ1v) is 5.08. The second-order valence-corrected chi connectivity index (χ2v) is 3.46. The van der Waals surface area contributed by atoms with Gasteiger partial charge in [-0.2, -0.15) is 0 Å². The third kappa shape index (κ3) is 2.51. The molecule has 0 radical (unpaired) electrons. The number of hydrogen-bond donors (Lipinski definition) is 2. The van der Waals surface area contributed by atoms with E-state index in [0.717, 1.165) is 17.1 Å². The van der Waals surface area contributed by atoms with Gasteiger partial charge in [0, 0.05) is 24.1 Å². The van der Waals surface area contributed by atoms with Gasteiger partial charge in [-0.15, -0.1) is 0 Å². The van der Waals surface area contributed by atoms with Crippen molar-refractivity contribution in [3.63, 3.8) is 0 Å². The molecule has 0 saturated carbocycles. The molecule has 0 saturated heterocycles. The fourth-order valence-electron chi connectivity index (χ4n) is 1.45. The van der Waals surface area contributed by atoms with E-state index in [-0.39, 0.29) is 5.82 Å². The quantitative estimate of drug-likeness (QED) is 0.819. The number of halogens is 1. The van der Waals surface area contributed by atoms with E-state index in [0.29, 0.717) is 0 Å². The average Bonchev–Trinajstić information content (AvgIpc) is 2.30. The van der Waals surface area contributed by atoms with Gasteiger partial charge >= 0.3 is 0 Å². The molecule has 0 heterocycles. The zero-order valence-corrected chi connectivity index (χ0v) is 9.00. The summed E-state index contributed by atoms with van der Waals surface area (Å²) in [6, 6.07) is 14.2. The average molecular weight is 216 g/mol. The zero-order valence-electron chi connectivity index (χ0n) is 9.00. The van der Waals surface area contributed by atoms with Crippen molar-refractivity contribution >= 4 is 17.1 Å². The first-order valence-electron chi connectivity index (χ1n) is 5.08. The molecule has 0 spiro atoms. The smallest absolute Gasteiger partial charge is 0.125 e. The number of anilines is 3. The maximum Gasteiger partial charge on any atom is 0.125 e. The number of hydrogen-bond acceptors (Lipinski definition) is 2. The molecule has 0 unspecified atom stereocenters. The normalized spacial score (nSPS) is 9.88. The monoisotopic (exact) mass is 216 g/mol. The Morgan fingerprint density at radius 3 is 2.19 bits per heavy atom. The lowest BCUT2D eigenvalue weighted by molar-refractivity contribution is 0.628. The Bertz CT molecular complexity index is 466. The molecule has 2 aromatic carbocycles. The van der Waals surface area contributed by atoms with Crippen molar-refractivity contribution in [1.82, 2.24) is 0 Å². The maximum absolute atomic E-state index is 12.9. The molecule has 0 aliphatic carbocycles. The summed E-state index contributed by atoms with van der Waals surface area (Å²) in [5.41, 5.74) is 2.73. The van der Waals surface area contributed by atoms with Crippen molar-refractivity contribution in [2.75, 3.05) is 17.7 Å². The lowest BCUT2D eigenvalue weighted by Gasteiger charge is -2.07. The first kappa shape index (κ1) is 10.5. The largest absolute Gasteiger partial charge is 0.388 e. The fourth-order valence-corrected chi connectivity index (χ4v) is 1.45.